The molecule has 366 valence electrons. The number of allylic oxidation sites excluding steroid dienone is 3. The van der Waals surface area contributed by atoms with Crippen LogP contribution in [0.15, 0.2) is 24.3 Å². The Morgan fingerprint density at radius 1 is 0.532 bits per heavy atom. The van der Waals surface area contributed by atoms with Crippen LogP contribution in [0.2, 0.25) is 0 Å². The van der Waals surface area contributed by atoms with Crippen molar-refractivity contribution in [3.8, 4) is 0 Å². The lowest BCUT2D eigenvalue weighted by molar-refractivity contribution is -0.302. The number of aliphatic hydroxyl groups is 5. The standard InChI is InChI=1S/C53H101NO8/c1-3-5-7-9-11-13-15-17-19-20-21-22-23-24-25-26-27-28-29-31-33-35-37-39-41-43-49(57)54-46(45-61-53-52(60)51(59)50(58)48(44-55)62-53)47(56)42-40-38-36-34-32-30-18-16-14-12-10-8-6-4-2/h20-21,40,42,46-48,50-53,55-56,58-60H,3-19,22-39,41,43-45H2,1-2H3,(H,54,57)/b21-20-,42-40+. The zero-order valence-electron chi connectivity index (χ0n) is 40.4. The number of nitrogens with one attached hydrogen (secondary N) is 1. The Labute approximate surface area is 381 Å². The van der Waals surface area contributed by atoms with Crippen LogP contribution in [-0.4, -0.2) is 87.5 Å². The Morgan fingerprint density at radius 3 is 1.31 bits per heavy atom. The summed E-state index contributed by atoms with van der Waals surface area (Å²) in [5.41, 5.74) is 0. The fraction of sp³-hybridized carbons (Fsp3) is 0.906. The largest absolute Gasteiger partial charge is 0.394 e. The van der Waals surface area contributed by atoms with E-state index in [0.29, 0.717) is 6.42 Å². The van der Waals surface area contributed by atoms with Crippen molar-refractivity contribution < 1.29 is 39.8 Å². The first-order chi connectivity index (χ1) is 30.3. The van der Waals surface area contributed by atoms with E-state index in [4.69, 9.17) is 9.47 Å². The normalized spacial score (nSPS) is 20.4. The molecular formula is C53H101NO8. The van der Waals surface area contributed by atoms with Gasteiger partial charge in [-0.05, 0) is 44.9 Å². The van der Waals surface area contributed by atoms with Gasteiger partial charge in [0.05, 0.1) is 25.4 Å². The molecule has 1 amide bonds. The second-order valence-electron chi connectivity index (χ2n) is 18.7. The van der Waals surface area contributed by atoms with E-state index in [-0.39, 0.29) is 12.5 Å². The zero-order valence-corrected chi connectivity index (χ0v) is 40.4. The van der Waals surface area contributed by atoms with Gasteiger partial charge in [0.2, 0.25) is 5.91 Å². The molecule has 62 heavy (non-hydrogen) atoms. The third kappa shape index (κ3) is 33.2. The van der Waals surface area contributed by atoms with Gasteiger partial charge in [-0.25, -0.2) is 0 Å². The second kappa shape index (κ2) is 43.6. The van der Waals surface area contributed by atoms with Gasteiger partial charge in [0.1, 0.15) is 24.4 Å². The quantitative estimate of drug-likeness (QED) is 0.0262. The lowest BCUT2D eigenvalue weighted by Crippen LogP contribution is -2.60. The third-order valence-electron chi connectivity index (χ3n) is 12.8. The average Bonchev–Trinajstić information content (AvgIpc) is 3.27. The van der Waals surface area contributed by atoms with Gasteiger partial charge in [0, 0.05) is 6.42 Å². The molecule has 0 aliphatic carbocycles. The fourth-order valence-electron chi connectivity index (χ4n) is 8.51. The molecule has 7 unspecified atom stereocenters. The highest BCUT2D eigenvalue weighted by molar-refractivity contribution is 5.76. The van der Waals surface area contributed by atoms with Crippen LogP contribution in [0.4, 0.5) is 0 Å². The third-order valence-corrected chi connectivity index (χ3v) is 12.8. The van der Waals surface area contributed by atoms with Crippen molar-refractivity contribution in [1.29, 1.82) is 0 Å². The van der Waals surface area contributed by atoms with Gasteiger partial charge in [-0.2, -0.15) is 0 Å². The highest BCUT2D eigenvalue weighted by atomic mass is 16.7. The number of hydrogen-bond donors (Lipinski definition) is 6. The average molecular weight is 880 g/mol. The predicted octanol–water partition coefficient (Wildman–Crippen LogP) is 12.2. The molecule has 9 nitrogen and oxygen atoms in total. The SMILES string of the molecule is CCCCCCCCCC/C=C\CCCCCCCCCCCCCCCC(=O)NC(COC1OC(CO)C(O)C(O)C1O)C(O)/C=C/CCCCCCCCCCCCCC. The van der Waals surface area contributed by atoms with Crippen molar-refractivity contribution in [3.63, 3.8) is 0 Å². The van der Waals surface area contributed by atoms with E-state index >= 15 is 0 Å². The molecule has 0 aromatic rings. The van der Waals surface area contributed by atoms with Gasteiger partial charge in [-0.3, -0.25) is 4.79 Å². The van der Waals surface area contributed by atoms with E-state index in [1.54, 1.807) is 6.08 Å². The van der Waals surface area contributed by atoms with E-state index < -0.39 is 49.5 Å². The van der Waals surface area contributed by atoms with Gasteiger partial charge >= 0.3 is 0 Å². The van der Waals surface area contributed by atoms with E-state index in [1.165, 1.54) is 193 Å². The van der Waals surface area contributed by atoms with E-state index in [0.717, 1.165) is 38.5 Å². The molecule has 1 aliphatic heterocycles. The molecule has 0 aromatic carbocycles. The lowest BCUT2D eigenvalue weighted by Gasteiger charge is -2.40. The molecule has 9 heteroatoms. The van der Waals surface area contributed by atoms with Gasteiger partial charge in [0.25, 0.3) is 0 Å². The monoisotopic (exact) mass is 880 g/mol. The van der Waals surface area contributed by atoms with Crippen molar-refractivity contribution in [3.05, 3.63) is 24.3 Å². The Hall–Kier alpha value is -1.33. The maximum Gasteiger partial charge on any atom is 0.220 e. The Balaban J connectivity index is 2.22. The molecule has 0 bridgehead atoms. The minimum Gasteiger partial charge on any atom is -0.394 e. The summed E-state index contributed by atoms with van der Waals surface area (Å²) in [5, 5.41) is 54.3. The molecule has 0 saturated carbocycles. The maximum absolute atomic E-state index is 13.0. The first kappa shape index (κ1) is 58.7. The van der Waals surface area contributed by atoms with Crippen LogP contribution < -0.4 is 5.32 Å². The van der Waals surface area contributed by atoms with Gasteiger partial charge in [-0.15, -0.1) is 0 Å². The smallest absolute Gasteiger partial charge is 0.220 e. The first-order valence-electron chi connectivity index (χ1n) is 26.6. The number of carbonyl (C=O) groups excluding carboxylic acids is 1. The van der Waals surface area contributed by atoms with E-state index in [2.05, 4.69) is 31.3 Å². The molecule has 1 fully saturated rings. The molecule has 1 aliphatic rings. The predicted molar refractivity (Wildman–Crippen MR) is 258 cm³/mol. The van der Waals surface area contributed by atoms with Crippen LogP contribution in [0, 0.1) is 0 Å². The van der Waals surface area contributed by atoms with Crippen molar-refractivity contribution in [2.45, 2.75) is 294 Å². The van der Waals surface area contributed by atoms with Gasteiger partial charge in [-0.1, -0.05) is 224 Å². The molecule has 1 heterocycles. The van der Waals surface area contributed by atoms with Crippen molar-refractivity contribution in [2.24, 2.45) is 0 Å². The fourth-order valence-corrected chi connectivity index (χ4v) is 8.51. The molecule has 1 rings (SSSR count). The number of amides is 1. The van der Waals surface area contributed by atoms with Crippen LogP contribution in [-0.2, 0) is 14.3 Å². The number of hydrogen-bond acceptors (Lipinski definition) is 8. The molecular weight excluding hydrogens is 779 g/mol. The van der Waals surface area contributed by atoms with Crippen molar-refractivity contribution >= 4 is 5.91 Å². The van der Waals surface area contributed by atoms with Gasteiger partial charge < -0.3 is 40.3 Å². The summed E-state index contributed by atoms with van der Waals surface area (Å²) in [6.45, 7) is 3.79. The summed E-state index contributed by atoms with van der Waals surface area (Å²) in [7, 11) is 0. The highest BCUT2D eigenvalue weighted by Gasteiger charge is 2.44. The molecule has 0 aromatic heterocycles. The molecule has 0 spiro atoms. The summed E-state index contributed by atoms with van der Waals surface area (Å²) in [4.78, 5) is 13.0. The molecule has 7 atom stereocenters. The Morgan fingerprint density at radius 2 is 0.903 bits per heavy atom. The maximum atomic E-state index is 13.0. The van der Waals surface area contributed by atoms with Crippen LogP contribution in [0.25, 0.3) is 0 Å². The topological polar surface area (TPSA) is 149 Å². The van der Waals surface area contributed by atoms with Crippen molar-refractivity contribution in [2.75, 3.05) is 13.2 Å². The summed E-state index contributed by atoms with van der Waals surface area (Å²) in [6, 6.07) is -0.801. The summed E-state index contributed by atoms with van der Waals surface area (Å²) in [5.74, 6) is -0.175. The molecule has 0 radical (unpaired) electrons. The van der Waals surface area contributed by atoms with E-state index in [9.17, 15) is 30.3 Å². The minimum atomic E-state index is -1.56. The summed E-state index contributed by atoms with van der Waals surface area (Å²) in [6.07, 6.45) is 46.6. The van der Waals surface area contributed by atoms with Crippen molar-refractivity contribution in [1.82, 2.24) is 5.32 Å². The summed E-state index contributed by atoms with van der Waals surface area (Å²) >= 11 is 0. The van der Waals surface area contributed by atoms with Gasteiger partial charge in [0.15, 0.2) is 6.29 Å². The Bertz CT molecular complexity index is 1020. The zero-order chi connectivity index (χ0) is 45.1. The number of unbranched alkanes of at least 4 members (excludes halogenated alkanes) is 33. The van der Waals surface area contributed by atoms with E-state index in [1.807, 2.05) is 6.08 Å². The minimum absolute atomic E-state index is 0.175. The van der Waals surface area contributed by atoms with Crippen LogP contribution in [0.3, 0.4) is 0 Å². The number of carbonyl (C=O) groups is 1. The number of ether oxygens (including phenoxy) is 2. The number of rotatable bonds is 45. The summed E-state index contributed by atoms with van der Waals surface area (Å²) < 4.78 is 11.2. The first-order valence-corrected chi connectivity index (χ1v) is 26.6. The molecule has 6 N–H and O–H groups in total. The molecule has 1 saturated heterocycles. The number of aliphatic hydroxyl groups excluding tert-OH is 5. The van der Waals surface area contributed by atoms with Crippen LogP contribution in [0.1, 0.15) is 251 Å². The second-order valence-corrected chi connectivity index (χ2v) is 18.7. The van der Waals surface area contributed by atoms with Crippen LogP contribution in [0.5, 0.6) is 0 Å². The Kier molecular flexibility index (Phi) is 41.2. The highest BCUT2D eigenvalue weighted by Crippen LogP contribution is 2.23. The van der Waals surface area contributed by atoms with Crippen LogP contribution >= 0.6 is 0 Å². The lowest BCUT2D eigenvalue weighted by atomic mass is 9.99.